The molecule has 124 valence electrons. The predicted molar refractivity (Wildman–Crippen MR) is 88.9 cm³/mol. The van der Waals surface area contributed by atoms with Crippen LogP contribution in [0.5, 0.6) is 0 Å². The largest absolute Gasteiger partial charge is 0.356 e. The Labute approximate surface area is 137 Å². The first-order chi connectivity index (χ1) is 11.2. The number of carbonyl (C=O) groups is 2. The van der Waals surface area contributed by atoms with E-state index < -0.39 is 0 Å². The van der Waals surface area contributed by atoms with Crippen LogP contribution in [0.1, 0.15) is 24.8 Å². The van der Waals surface area contributed by atoms with E-state index >= 15 is 0 Å². The molecule has 0 spiro atoms. The van der Waals surface area contributed by atoms with Crippen molar-refractivity contribution >= 4 is 11.8 Å². The summed E-state index contributed by atoms with van der Waals surface area (Å²) in [6.45, 7) is 3.73. The monoisotopic (exact) mass is 315 g/mol. The van der Waals surface area contributed by atoms with Crippen LogP contribution in [0.15, 0.2) is 30.3 Å². The quantitative estimate of drug-likeness (QED) is 0.903. The summed E-state index contributed by atoms with van der Waals surface area (Å²) < 4.78 is 0. The Balaban J connectivity index is 1.49. The lowest BCUT2D eigenvalue weighted by atomic mass is 10.1. The number of hydrogen-bond donors (Lipinski definition) is 1. The normalized spacial score (nSPS) is 23.5. The van der Waals surface area contributed by atoms with Gasteiger partial charge < -0.3 is 10.2 Å². The van der Waals surface area contributed by atoms with Crippen molar-refractivity contribution in [1.29, 1.82) is 0 Å². The molecular weight excluding hydrogens is 290 g/mol. The van der Waals surface area contributed by atoms with Gasteiger partial charge in [-0.2, -0.15) is 0 Å². The molecule has 2 amide bonds. The highest BCUT2D eigenvalue weighted by molar-refractivity contribution is 5.79. The summed E-state index contributed by atoms with van der Waals surface area (Å²) in [6, 6.07) is 10.7. The van der Waals surface area contributed by atoms with E-state index in [4.69, 9.17) is 0 Å². The minimum absolute atomic E-state index is 0.139. The zero-order chi connectivity index (χ0) is 16.1. The molecule has 0 bridgehead atoms. The summed E-state index contributed by atoms with van der Waals surface area (Å²) in [6.07, 6.45) is 3.30. The Kier molecular flexibility index (Phi) is 5.28. The van der Waals surface area contributed by atoms with Gasteiger partial charge >= 0.3 is 0 Å². The second-order valence-electron chi connectivity index (χ2n) is 6.42. The maximum atomic E-state index is 12.4. The second-order valence-corrected chi connectivity index (χ2v) is 6.42. The molecule has 0 unspecified atom stereocenters. The number of benzene rings is 1. The number of hydrogen-bond acceptors (Lipinski definition) is 3. The molecule has 2 saturated heterocycles. The van der Waals surface area contributed by atoms with Crippen molar-refractivity contribution in [2.45, 2.75) is 31.7 Å². The van der Waals surface area contributed by atoms with Crippen molar-refractivity contribution in [3.63, 3.8) is 0 Å². The third kappa shape index (κ3) is 4.32. The fourth-order valence-corrected chi connectivity index (χ4v) is 3.46. The number of carbonyl (C=O) groups excluding carboxylic acids is 2. The van der Waals surface area contributed by atoms with Gasteiger partial charge in [-0.1, -0.05) is 30.3 Å². The van der Waals surface area contributed by atoms with Crippen molar-refractivity contribution in [3.05, 3.63) is 35.9 Å². The van der Waals surface area contributed by atoms with Crippen LogP contribution >= 0.6 is 0 Å². The van der Waals surface area contributed by atoms with Crippen LogP contribution < -0.4 is 5.32 Å². The number of piperazine rings is 1. The topological polar surface area (TPSA) is 52.7 Å². The van der Waals surface area contributed by atoms with E-state index in [0.717, 1.165) is 45.4 Å². The van der Waals surface area contributed by atoms with Crippen LogP contribution in [0.3, 0.4) is 0 Å². The molecule has 5 heteroatoms. The van der Waals surface area contributed by atoms with Gasteiger partial charge in [-0.3, -0.25) is 14.5 Å². The maximum Gasteiger partial charge on any atom is 0.236 e. The molecule has 0 radical (unpaired) electrons. The van der Waals surface area contributed by atoms with Crippen molar-refractivity contribution < 1.29 is 9.59 Å². The lowest BCUT2D eigenvalue weighted by molar-refractivity contribution is -0.137. The molecule has 2 fully saturated rings. The zero-order valence-electron chi connectivity index (χ0n) is 13.5. The van der Waals surface area contributed by atoms with Crippen LogP contribution in [0.25, 0.3) is 0 Å². The molecule has 23 heavy (non-hydrogen) atoms. The van der Waals surface area contributed by atoms with Crippen molar-refractivity contribution in [3.8, 4) is 0 Å². The third-order valence-corrected chi connectivity index (χ3v) is 4.88. The summed E-state index contributed by atoms with van der Waals surface area (Å²) in [7, 11) is 0. The number of rotatable bonds is 4. The Bertz CT molecular complexity index is 546. The first-order valence-corrected chi connectivity index (χ1v) is 8.55. The number of amides is 2. The molecule has 2 aliphatic heterocycles. The van der Waals surface area contributed by atoms with Crippen LogP contribution in [-0.4, -0.2) is 60.4 Å². The molecule has 3 rings (SSSR count). The first kappa shape index (κ1) is 16.0. The van der Waals surface area contributed by atoms with Gasteiger partial charge in [-0.25, -0.2) is 0 Å². The first-order valence-electron chi connectivity index (χ1n) is 8.55. The lowest BCUT2D eigenvalue weighted by Crippen LogP contribution is -2.54. The summed E-state index contributed by atoms with van der Waals surface area (Å²) >= 11 is 0. The van der Waals surface area contributed by atoms with Crippen LogP contribution in [-0.2, 0) is 16.0 Å². The van der Waals surface area contributed by atoms with Gasteiger partial charge in [0.15, 0.2) is 0 Å². The van der Waals surface area contributed by atoms with Gasteiger partial charge in [0, 0.05) is 38.6 Å². The van der Waals surface area contributed by atoms with Crippen molar-refractivity contribution in [2.24, 2.45) is 0 Å². The molecule has 0 aromatic heterocycles. The average molecular weight is 315 g/mol. The van der Waals surface area contributed by atoms with Gasteiger partial charge in [0.1, 0.15) is 0 Å². The molecule has 1 N–H and O–H groups in total. The molecule has 1 aromatic rings. The highest BCUT2D eigenvalue weighted by Gasteiger charge is 2.29. The minimum Gasteiger partial charge on any atom is -0.356 e. The maximum absolute atomic E-state index is 12.4. The Morgan fingerprint density at radius 2 is 1.91 bits per heavy atom. The van der Waals surface area contributed by atoms with Crippen LogP contribution in [0.2, 0.25) is 0 Å². The second kappa shape index (κ2) is 7.59. The zero-order valence-corrected chi connectivity index (χ0v) is 13.5. The Morgan fingerprint density at radius 1 is 1.09 bits per heavy atom. The SMILES string of the molecule is O=C1CC[C@H](N2CCN(CCc3ccccc3)C(=O)C2)CCN1. The molecule has 0 aliphatic carbocycles. The summed E-state index contributed by atoms with van der Waals surface area (Å²) in [4.78, 5) is 28.1. The molecule has 1 aromatic carbocycles. The predicted octanol–water partition coefficient (Wildman–Crippen LogP) is 1.04. The van der Waals surface area contributed by atoms with Crippen LogP contribution in [0.4, 0.5) is 0 Å². The van der Waals surface area contributed by atoms with Gasteiger partial charge in [0.25, 0.3) is 0 Å². The van der Waals surface area contributed by atoms with E-state index in [2.05, 4.69) is 22.3 Å². The van der Waals surface area contributed by atoms with E-state index in [1.54, 1.807) is 0 Å². The Hall–Kier alpha value is -1.88. The van der Waals surface area contributed by atoms with E-state index in [1.807, 2.05) is 23.1 Å². The van der Waals surface area contributed by atoms with Crippen molar-refractivity contribution in [1.82, 2.24) is 15.1 Å². The van der Waals surface area contributed by atoms with Crippen LogP contribution in [0, 0.1) is 0 Å². The van der Waals surface area contributed by atoms with E-state index in [1.165, 1.54) is 5.56 Å². The van der Waals surface area contributed by atoms with Gasteiger partial charge in [0.05, 0.1) is 6.54 Å². The van der Waals surface area contributed by atoms with E-state index in [9.17, 15) is 9.59 Å². The third-order valence-electron chi connectivity index (χ3n) is 4.88. The lowest BCUT2D eigenvalue weighted by Gasteiger charge is -2.38. The number of nitrogens with zero attached hydrogens (tertiary/aromatic N) is 2. The summed E-state index contributed by atoms with van der Waals surface area (Å²) in [5, 5.41) is 2.91. The van der Waals surface area contributed by atoms with E-state index in [-0.39, 0.29) is 11.8 Å². The molecule has 1 atom stereocenters. The Morgan fingerprint density at radius 3 is 2.70 bits per heavy atom. The summed E-state index contributed by atoms with van der Waals surface area (Å²) in [5.41, 5.74) is 1.27. The van der Waals surface area contributed by atoms with Crippen molar-refractivity contribution in [2.75, 3.05) is 32.7 Å². The summed E-state index contributed by atoms with van der Waals surface area (Å²) in [5.74, 6) is 0.357. The fraction of sp³-hybridized carbons (Fsp3) is 0.556. The molecule has 2 heterocycles. The van der Waals surface area contributed by atoms with Gasteiger partial charge in [0.2, 0.25) is 11.8 Å². The minimum atomic E-state index is 0.139. The molecule has 0 saturated carbocycles. The smallest absolute Gasteiger partial charge is 0.236 e. The highest BCUT2D eigenvalue weighted by Crippen LogP contribution is 2.17. The van der Waals surface area contributed by atoms with Gasteiger partial charge in [-0.05, 0) is 24.8 Å². The molecule has 5 nitrogen and oxygen atoms in total. The molecular formula is C18H25N3O2. The van der Waals surface area contributed by atoms with Gasteiger partial charge in [-0.15, -0.1) is 0 Å². The van der Waals surface area contributed by atoms with E-state index in [0.29, 0.717) is 19.0 Å². The highest BCUT2D eigenvalue weighted by atomic mass is 16.2. The fourth-order valence-electron chi connectivity index (χ4n) is 3.46. The molecule has 2 aliphatic rings. The average Bonchev–Trinajstić information content (AvgIpc) is 2.79. The standard InChI is InChI=1S/C18H25N3O2/c22-17-7-6-16(8-10-19-17)21-13-12-20(18(23)14-21)11-9-15-4-2-1-3-5-15/h1-5,16H,6-14H2,(H,19,22)/t16-/m0/s1. The number of nitrogens with one attached hydrogen (secondary N) is 1.